The van der Waals surface area contributed by atoms with Crippen LogP contribution in [0, 0.1) is 0 Å². The summed E-state index contributed by atoms with van der Waals surface area (Å²) in [5.74, 6) is -0.380. The van der Waals surface area contributed by atoms with E-state index in [9.17, 15) is 19.2 Å². The molecule has 0 fully saturated rings. The first kappa shape index (κ1) is 46.7. The third kappa shape index (κ3) is 18.4. The molecule has 0 spiro atoms. The molecule has 0 aromatic carbocycles. The summed E-state index contributed by atoms with van der Waals surface area (Å²) in [6, 6.07) is 4.82. The molecule has 0 amide bonds. The topological polar surface area (TPSA) is 143 Å². The molecule has 3 atom stereocenters. The third-order valence-corrected chi connectivity index (χ3v) is 9.49. The van der Waals surface area contributed by atoms with Gasteiger partial charge in [-0.15, -0.1) is 0 Å². The van der Waals surface area contributed by atoms with Gasteiger partial charge in [0.05, 0.1) is 36.7 Å². The van der Waals surface area contributed by atoms with E-state index < -0.39 is 12.1 Å². The number of rotatable bonds is 22. The van der Waals surface area contributed by atoms with Crippen LogP contribution in [-0.2, 0) is 51.3 Å². The zero-order valence-corrected chi connectivity index (χ0v) is 32.9. The molecule has 0 N–H and O–H groups in total. The summed E-state index contributed by atoms with van der Waals surface area (Å²) in [5.41, 5.74) is 1.73. The van der Waals surface area contributed by atoms with Crippen molar-refractivity contribution in [2.24, 2.45) is 0 Å². The third-order valence-electron chi connectivity index (χ3n) is 9.49. The average molecular weight is 731 g/mol. The zero-order chi connectivity index (χ0) is 38.7. The van der Waals surface area contributed by atoms with Crippen molar-refractivity contribution in [2.45, 2.75) is 156 Å². The minimum Gasteiger partial charge on any atom is -0.466 e. The van der Waals surface area contributed by atoms with Crippen molar-refractivity contribution in [3.05, 3.63) is 29.6 Å². The Labute approximate surface area is 312 Å². The Morgan fingerprint density at radius 2 is 1.15 bits per heavy atom. The SMILES string of the molecule is CCCCCCC(C(=O)OCCCC)N1CCN(C(CCC(=O)OCCCC)C(C)=O)CCN(C(CCC)C(C)=O)Cc2cccc(n2)C1.O=C=O. The molecule has 0 aliphatic carbocycles. The van der Waals surface area contributed by atoms with Gasteiger partial charge in [-0.2, -0.15) is 9.59 Å². The number of carbonyl (C=O) groups excluding carboxylic acids is 6. The highest BCUT2D eigenvalue weighted by atomic mass is 16.5. The number of ether oxygens (including phenoxy) is 2. The maximum Gasteiger partial charge on any atom is 0.373 e. The Kier molecular flexibility index (Phi) is 25.4. The predicted molar refractivity (Wildman–Crippen MR) is 199 cm³/mol. The Balaban J connectivity index is 0.00000434. The quantitative estimate of drug-likeness (QED) is 0.103. The van der Waals surface area contributed by atoms with Crippen molar-refractivity contribution in [3.63, 3.8) is 0 Å². The second-order valence-electron chi connectivity index (χ2n) is 13.7. The van der Waals surface area contributed by atoms with Crippen molar-refractivity contribution < 1.29 is 38.2 Å². The number of carbonyl (C=O) groups is 4. The molecule has 2 rings (SSSR count). The lowest BCUT2D eigenvalue weighted by Gasteiger charge is -2.38. The average Bonchev–Trinajstić information content (AvgIpc) is 3.10. The van der Waals surface area contributed by atoms with Crippen LogP contribution in [-0.4, -0.2) is 107 Å². The monoisotopic (exact) mass is 730 g/mol. The summed E-state index contributed by atoms with van der Waals surface area (Å²) in [6.07, 6.45) is 10.8. The highest BCUT2D eigenvalue weighted by Crippen LogP contribution is 2.21. The number of pyridine rings is 1. The van der Waals surface area contributed by atoms with E-state index in [0.29, 0.717) is 65.3 Å². The van der Waals surface area contributed by atoms with Crippen LogP contribution in [0.25, 0.3) is 0 Å². The van der Waals surface area contributed by atoms with E-state index in [-0.39, 0.29) is 42.1 Å². The van der Waals surface area contributed by atoms with Crippen molar-refractivity contribution in [1.29, 1.82) is 0 Å². The lowest BCUT2D eigenvalue weighted by Crippen LogP contribution is -2.52. The summed E-state index contributed by atoms with van der Waals surface area (Å²) in [5, 5.41) is 0. The molecule has 1 aromatic heterocycles. The zero-order valence-electron chi connectivity index (χ0n) is 32.9. The molecule has 0 radical (unpaired) electrons. The van der Waals surface area contributed by atoms with Gasteiger partial charge in [0.15, 0.2) is 0 Å². The number of ketones is 2. The van der Waals surface area contributed by atoms with Gasteiger partial charge in [-0.25, -0.2) is 0 Å². The summed E-state index contributed by atoms with van der Waals surface area (Å²) in [7, 11) is 0. The molecule has 3 unspecified atom stereocenters. The van der Waals surface area contributed by atoms with Crippen LogP contribution in [0.2, 0.25) is 0 Å². The van der Waals surface area contributed by atoms with Gasteiger partial charge < -0.3 is 9.47 Å². The lowest BCUT2D eigenvalue weighted by molar-refractivity contribution is -0.191. The van der Waals surface area contributed by atoms with Gasteiger partial charge in [0.2, 0.25) is 0 Å². The van der Waals surface area contributed by atoms with Crippen LogP contribution < -0.4 is 0 Å². The molecule has 1 aliphatic heterocycles. The van der Waals surface area contributed by atoms with Gasteiger partial charge in [0.25, 0.3) is 0 Å². The summed E-state index contributed by atoms with van der Waals surface area (Å²) in [4.78, 5) is 80.3. The highest BCUT2D eigenvalue weighted by Gasteiger charge is 2.32. The molecule has 1 aliphatic rings. The number of unbranched alkanes of at least 4 members (excludes halogenated alkanes) is 5. The molecule has 0 saturated heterocycles. The minimum absolute atomic E-state index is 0.00907. The van der Waals surface area contributed by atoms with Gasteiger partial charge >= 0.3 is 18.1 Å². The first-order valence-corrected chi connectivity index (χ1v) is 19.6. The number of hydrogen-bond acceptors (Lipinski definition) is 12. The van der Waals surface area contributed by atoms with E-state index in [1.165, 1.54) is 0 Å². The smallest absolute Gasteiger partial charge is 0.373 e. The molecule has 2 heterocycles. The van der Waals surface area contributed by atoms with Crippen LogP contribution in [0.3, 0.4) is 0 Å². The Hall–Kier alpha value is -3.31. The number of nitrogens with zero attached hydrogens (tertiary/aromatic N) is 4. The fourth-order valence-electron chi connectivity index (χ4n) is 6.59. The predicted octanol–water partition coefficient (Wildman–Crippen LogP) is 5.94. The normalized spacial score (nSPS) is 16.1. The van der Waals surface area contributed by atoms with Gasteiger partial charge in [0.1, 0.15) is 17.6 Å². The number of Topliss-reactive ketones (excluding diaryl/α,β-unsaturated/α-hetero) is 2. The minimum atomic E-state index is -0.497. The molecule has 52 heavy (non-hydrogen) atoms. The second-order valence-corrected chi connectivity index (χ2v) is 13.7. The molecule has 12 nitrogen and oxygen atoms in total. The van der Waals surface area contributed by atoms with E-state index in [0.717, 1.165) is 75.6 Å². The van der Waals surface area contributed by atoms with Crippen molar-refractivity contribution >= 4 is 29.7 Å². The fraction of sp³-hybridized carbons (Fsp3) is 0.750. The summed E-state index contributed by atoms with van der Waals surface area (Å²) < 4.78 is 11.3. The molecule has 294 valence electrons. The first-order chi connectivity index (χ1) is 25.1. The Morgan fingerprint density at radius 1 is 0.654 bits per heavy atom. The van der Waals surface area contributed by atoms with Crippen LogP contribution in [0.1, 0.15) is 136 Å². The van der Waals surface area contributed by atoms with Crippen molar-refractivity contribution in [1.82, 2.24) is 19.7 Å². The van der Waals surface area contributed by atoms with Crippen LogP contribution in [0.5, 0.6) is 0 Å². The molecular formula is C40H66N4O8. The molecule has 0 saturated carbocycles. The fourth-order valence-corrected chi connectivity index (χ4v) is 6.59. The molecule has 1 aromatic rings. The van der Waals surface area contributed by atoms with Crippen molar-refractivity contribution in [2.75, 3.05) is 39.4 Å². The van der Waals surface area contributed by atoms with Gasteiger partial charge in [-0.1, -0.05) is 78.7 Å². The largest absolute Gasteiger partial charge is 0.466 e. The standard InChI is InChI=1S/C39H66N4O6.CO2/c1-7-11-14-15-20-37(39(47)49-28-13-9-3)43-26-24-41(36(32(6)45)21-22-38(46)48-27-12-8-2)23-25-42(35(17-10-4)31(5)44)29-33-18-16-19-34(30-43)40-33;2-1-3/h16,18-19,35-37H,7-15,17,20-30H2,1-6H3;. The summed E-state index contributed by atoms with van der Waals surface area (Å²) in [6.45, 7) is 15.5. The summed E-state index contributed by atoms with van der Waals surface area (Å²) >= 11 is 0. The maximum absolute atomic E-state index is 13.7. The van der Waals surface area contributed by atoms with E-state index in [4.69, 9.17) is 24.0 Å². The maximum atomic E-state index is 13.7. The van der Waals surface area contributed by atoms with E-state index in [1.807, 2.05) is 25.1 Å². The molecular weight excluding hydrogens is 664 g/mol. The number of aromatic nitrogens is 1. The Morgan fingerprint density at radius 3 is 1.67 bits per heavy atom. The number of fused-ring (bicyclic) bond motifs is 2. The van der Waals surface area contributed by atoms with Gasteiger partial charge in [-0.05, 0) is 58.1 Å². The van der Waals surface area contributed by atoms with E-state index in [2.05, 4.69) is 35.5 Å². The Bertz CT molecular complexity index is 1220. The number of esters is 2. The molecule has 2 bridgehead atoms. The second kappa shape index (κ2) is 28.2. The molecule has 12 heteroatoms. The number of hydrogen-bond donors (Lipinski definition) is 0. The van der Waals surface area contributed by atoms with E-state index in [1.54, 1.807) is 13.8 Å². The van der Waals surface area contributed by atoms with Gasteiger partial charge in [-0.3, -0.25) is 38.9 Å². The van der Waals surface area contributed by atoms with Crippen LogP contribution in [0.15, 0.2) is 18.2 Å². The first-order valence-electron chi connectivity index (χ1n) is 19.6. The van der Waals surface area contributed by atoms with Crippen molar-refractivity contribution in [3.8, 4) is 0 Å². The highest BCUT2D eigenvalue weighted by molar-refractivity contribution is 5.82. The van der Waals surface area contributed by atoms with Gasteiger partial charge in [0, 0.05) is 45.7 Å². The van der Waals surface area contributed by atoms with Crippen LogP contribution >= 0.6 is 0 Å². The lowest BCUT2D eigenvalue weighted by atomic mass is 10.0. The van der Waals surface area contributed by atoms with Crippen LogP contribution in [0.4, 0.5) is 0 Å². The van der Waals surface area contributed by atoms with E-state index >= 15 is 0 Å².